The van der Waals surface area contributed by atoms with Gasteiger partial charge in [0.15, 0.2) is 0 Å². The molecule has 0 radical (unpaired) electrons. The van der Waals surface area contributed by atoms with Crippen molar-refractivity contribution in [2.45, 2.75) is 77.2 Å². The molecule has 6 atom stereocenters. The highest BCUT2D eigenvalue weighted by Crippen LogP contribution is 2.68. The van der Waals surface area contributed by atoms with Gasteiger partial charge in [-0.1, -0.05) is 31.6 Å². The first-order valence-corrected chi connectivity index (χ1v) is 10.5. The molecule has 1 aliphatic heterocycles. The first kappa shape index (κ1) is 16.3. The molecule has 0 aromatic rings. The van der Waals surface area contributed by atoms with Crippen LogP contribution in [0.4, 0.5) is 0 Å². The monoisotopic (exact) mass is 340 g/mol. The van der Waals surface area contributed by atoms with Crippen molar-refractivity contribution < 1.29 is 9.53 Å². The Morgan fingerprint density at radius 3 is 2.76 bits per heavy atom. The molecule has 5 rings (SSSR count). The highest BCUT2D eigenvalue weighted by molar-refractivity contribution is 5.82. The summed E-state index contributed by atoms with van der Waals surface area (Å²) in [6, 6.07) is 0. The van der Waals surface area contributed by atoms with Gasteiger partial charge in [0, 0.05) is 18.3 Å². The minimum Gasteiger partial charge on any atom is -0.370 e. The van der Waals surface area contributed by atoms with Gasteiger partial charge >= 0.3 is 0 Å². The summed E-state index contributed by atoms with van der Waals surface area (Å²) in [6.45, 7) is 10.3. The van der Waals surface area contributed by atoms with Crippen LogP contribution in [0.5, 0.6) is 0 Å². The highest BCUT2D eigenvalue weighted by Gasteiger charge is 2.65. The molecule has 5 aliphatic rings. The number of carbonyl (C=O) groups excluding carboxylic acids is 1. The molecule has 2 heteroatoms. The topological polar surface area (TPSA) is 26.3 Å². The van der Waals surface area contributed by atoms with Crippen molar-refractivity contribution >= 4 is 5.78 Å². The molecule has 1 saturated heterocycles. The second-order valence-corrected chi connectivity index (χ2v) is 9.84. The van der Waals surface area contributed by atoms with E-state index in [0.29, 0.717) is 11.7 Å². The van der Waals surface area contributed by atoms with E-state index >= 15 is 0 Å². The minimum atomic E-state index is -0.0282. The van der Waals surface area contributed by atoms with Crippen molar-refractivity contribution in [1.82, 2.24) is 0 Å². The molecular formula is C23H32O2. The maximum atomic E-state index is 12.0. The largest absolute Gasteiger partial charge is 0.370 e. The van der Waals surface area contributed by atoms with E-state index in [2.05, 4.69) is 20.4 Å². The smallest absolute Gasteiger partial charge is 0.137 e. The number of fused-ring (bicyclic) bond motifs is 5. The molecule has 0 bridgehead atoms. The summed E-state index contributed by atoms with van der Waals surface area (Å²) in [5.41, 5.74) is 4.86. The van der Waals surface area contributed by atoms with Gasteiger partial charge in [-0.3, -0.25) is 4.79 Å². The quantitative estimate of drug-likeness (QED) is 0.564. The zero-order valence-corrected chi connectivity index (χ0v) is 15.9. The molecule has 0 unspecified atom stereocenters. The Balaban J connectivity index is 1.53. The zero-order chi connectivity index (χ0) is 17.4. The van der Waals surface area contributed by atoms with Gasteiger partial charge < -0.3 is 4.74 Å². The molecule has 25 heavy (non-hydrogen) atoms. The molecule has 2 saturated carbocycles. The molecule has 1 heterocycles. The zero-order valence-electron chi connectivity index (χ0n) is 15.9. The van der Waals surface area contributed by atoms with Crippen LogP contribution in [0, 0.1) is 29.1 Å². The van der Waals surface area contributed by atoms with Gasteiger partial charge in [0.05, 0.1) is 12.2 Å². The van der Waals surface area contributed by atoms with Gasteiger partial charge in [0.1, 0.15) is 5.78 Å². The Morgan fingerprint density at radius 1 is 1.16 bits per heavy atom. The first-order valence-electron chi connectivity index (χ1n) is 10.5. The van der Waals surface area contributed by atoms with Crippen LogP contribution in [0.2, 0.25) is 0 Å². The lowest BCUT2D eigenvalue weighted by Gasteiger charge is -2.56. The third-order valence-corrected chi connectivity index (χ3v) is 8.99. The molecule has 2 nitrogen and oxygen atoms in total. The maximum Gasteiger partial charge on any atom is 0.137 e. The van der Waals surface area contributed by atoms with Crippen molar-refractivity contribution in [3.8, 4) is 0 Å². The lowest BCUT2D eigenvalue weighted by molar-refractivity contribution is -0.120. The number of Topliss-reactive ketones (excluding diaryl/α,β-unsaturated/α-hetero) is 1. The van der Waals surface area contributed by atoms with Crippen LogP contribution < -0.4 is 0 Å². The van der Waals surface area contributed by atoms with Crippen molar-refractivity contribution in [3.05, 3.63) is 23.3 Å². The van der Waals surface area contributed by atoms with E-state index in [9.17, 15) is 4.79 Å². The number of rotatable bonds is 0. The number of hydrogen-bond donors (Lipinski definition) is 0. The number of hydrogen-bond acceptors (Lipinski definition) is 2. The molecular weight excluding hydrogens is 308 g/mol. The van der Waals surface area contributed by atoms with E-state index in [0.717, 1.165) is 50.0 Å². The first-order chi connectivity index (χ1) is 12.0. The number of ether oxygens (including phenoxy) is 1. The number of ketones is 1. The lowest BCUT2D eigenvalue weighted by atomic mass is 9.49. The van der Waals surface area contributed by atoms with Crippen molar-refractivity contribution in [2.24, 2.45) is 29.1 Å². The fraction of sp³-hybridized carbons (Fsp3) is 0.783. The average molecular weight is 341 g/mol. The van der Waals surface area contributed by atoms with Crippen molar-refractivity contribution in [3.63, 3.8) is 0 Å². The van der Waals surface area contributed by atoms with Gasteiger partial charge in [-0.05, 0) is 74.2 Å². The molecule has 1 spiro atoms. The van der Waals surface area contributed by atoms with E-state index < -0.39 is 0 Å². The summed E-state index contributed by atoms with van der Waals surface area (Å²) in [4.78, 5) is 12.0. The Bertz CT molecular complexity index is 674. The summed E-state index contributed by atoms with van der Waals surface area (Å²) in [7, 11) is 0. The van der Waals surface area contributed by atoms with Crippen LogP contribution in [0.25, 0.3) is 0 Å². The van der Waals surface area contributed by atoms with Gasteiger partial charge in [0.25, 0.3) is 0 Å². The lowest BCUT2D eigenvalue weighted by Crippen LogP contribution is -2.53. The SMILES string of the molecule is C=C1CCO[C@@]12CC[C@H]1[C@@H]3[C@H](C)CC4=C(CCC(=O)C4)[C@H]3CC[C@@]12C. The summed E-state index contributed by atoms with van der Waals surface area (Å²) < 4.78 is 6.47. The Morgan fingerprint density at radius 2 is 2.00 bits per heavy atom. The molecule has 4 aliphatic carbocycles. The van der Waals surface area contributed by atoms with Crippen molar-refractivity contribution in [2.75, 3.05) is 6.61 Å². The normalized spacial score (nSPS) is 49.4. The van der Waals surface area contributed by atoms with Crippen LogP contribution in [0.1, 0.15) is 71.6 Å². The molecule has 0 aromatic carbocycles. The van der Waals surface area contributed by atoms with Crippen LogP contribution in [0.15, 0.2) is 23.3 Å². The van der Waals surface area contributed by atoms with Crippen LogP contribution in [-0.2, 0) is 9.53 Å². The molecule has 136 valence electrons. The predicted molar refractivity (Wildman–Crippen MR) is 99.2 cm³/mol. The maximum absolute atomic E-state index is 12.0. The highest BCUT2D eigenvalue weighted by atomic mass is 16.5. The summed E-state index contributed by atoms with van der Waals surface area (Å²) >= 11 is 0. The predicted octanol–water partition coefficient (Wildman–Crippen LogP) is 5.23. The summed E-state index contributed by atoms with van der Waals surface area (Å²) in [5.74, 6) is 3.49. The molecule has 0 N–H and O–H groups in total. The number of allylic oxidation sites excluding steroid dienone is 2. The van der Waals surface area contributed by atoms with Gasteiger partial charge in [0.2, 0.25) is 0 Å². The Hall–Kier alpha value is -0.890. The standard InChI is InChI=1S/C23H32O2/c1-14-12-16-13-17(24)4-5-18(16)19-6-9-22(3)20(21(14)19)7-10-23(22)15(2)8-11-25-23/h14,19-21H,2,4-13H2,1,3H3/t14-,19-,20+,21-,22+,23+/m1/s1. The minimum absolute atomic E-state index is 0.0282. The summed E-state index contributed by atoms with van der Waals surface area (Å²) in [6.07, 6.45) is 9.91. The fourth-order valence-electron chi connectivity index (χ4n) is 7.93. The average Bonchev–Trinajstić information content (AvgIpc) is 3.09. The van der Waals surface area contributed by atoms with E-state index in [1.165, 1.54) is 43.3 Å². The molecule has 3 fully saturated rings. The second kappa shape index (κ2) is 5.31. The third-order valence-electron chi connectivity index (χ3n) is 8.99. The van der Waals surface area contributed by atoms with E-state index in [1.54, 1.807) is 5.57 Å². The summed E-state index contributed by atoms with van der Waals surface area (Å²) in [5, 5.41) is 0. The van der Waals surface area contributed by atoms with E-state index in [-0.39, 0.29) is 11.0 Å². The Labute approximate surface area is 152 Å². The van der Waals surface area contributed by atoms with Crippen LogP contribution >= 0.6 is 0 Å². The molecule has 0 aromatic heterocycles. The fourth-order valence-corrected chi connectivity index (χ4v) is 7.93. The van der Waals surface area contributed by atoms with Crippen LogP contribution in [-0.4, -0.2) is 18.0 Å². The van der Waals surface area contributed by atoms with E-state index in [1.807, 2.05) is 0 Å². The van der Waals surface area contributed by atoms with Crippen LogP contribution in [0.3, 0.4) is 0 Å². The number of carbonyl (C=O) groups is 1. The van der Waals surface area contributed by atoms with Crippen molar-refractivity contribution in [1.29, 1.82) is 0 Å². The van der Waals surface area contributed by atoms with Gasteiger partial charge in [-0.25, -0.2) is 0 Å². The Kier molecular flexibility index (Phi) is 3.46. The van der Waals surface area contributed by atoms with E-state index in [4.69, 9.17) is 4.74 Å². The van der Waals surface area contributed by atoms with Gasteiger partial charge in [-0.2, -0.15) is 0 Å². The third kappa shape index (κ3) is 1.98. The van der Waals surface area contributed by atoms with Gasteiger partial charge in [-0.15, -0.1) is 0 Å². The second-order valence-electron chi connectivity index (χ2n) is 9.84. The molecule has 0 amide bonds.